The molecule has 0 fully saturated rings. The molecule has 2 amide bonds. The van der Waals surface area contributed by atoms with Crippen LogP contribution in [0.25, 0.3) is 0 Å². The molecule has 4 nitrogen and oxygen atoms in total. The Hall–Kier alpha value is -3.40. The average molecular weight is 344 g/mol. The molecule has 0 aliphatic heterocycles. The molecule has 0 aliphatic carbocycles. The Bertz CT molecular complexity index is 802. The third kappa shape index (κ3) is 4.57. The molecule has 0 aromatic heterocycles. The van der Waals surface area contributed by atoms with Gasteiger partial charge in [-0.25, -0.2) is 0 Å². The number of hydrogen-bond donors (Lipinski definition) is 2. The Morgan fingerprint density at radius 3 is 1.27 bits per heavy atom. The maximum Gasteiger partial charge on any atom is 0.252 e. The van der Waals surface area contributed by atoms with Crippen molar-refractivity contribution in [2.75, 3.05) is 0 Å². The summed E-state index contributed by atoms with van der Waals surface area (Å²) < 4.78 is 0. The Labute approximate surface area is 152 Å². The third-order valence-electron chi connectivity index (χ3n) is 4.01. The first kappa shape index (κ1) is 17.4. The molecular formula is C22H20N2O2. The van der Waals surface area contributed by atoms with Gasteiger partial charge < -0.3 is 10.6 Å². The quantitative estimate of drug-likeness (QED) is 0.718. The first-order valence-corrected chi connectivity index (χ1v) is 8.47. The van der Waals surface area contributed by atoms with Crippen LogP contribution in [0.15, 0.2) is 84.9 Å². The molecule has 0 saturated carbocycles. The van der Waals surface area contributed by atoms with Crippen molar-refractivity contribution in [2.24, 2.45) is 0 Å². The molecule has 4 heteroatoms. The molecule has 0 atom stereocenters. The highest BCUT2D eigenvalue weighted by molar-refractivity contribution is 6.07. The van der Waals surface area contributed by atoms with Crippen molar-refractivity contribution in [3.63, 3.8) is 0 Å². The van der Waals surface area contributed by atoms with E-state index in [0.717, 1.165) is 11.1 Å². The molecule has 0 bridgehead atoms. The van der Waals surface area contributed by atoms with E-state index >= 15 is 0 Å². The molecule has 26 heavy (non-hydrogen) atoms. The summed E-state index contributed by atoms with van der Waals surface area (Å²) >= 11 is 0. The van der Waals surface area contributed by atoms with Crippen molar-refractivity contribution in [1.82, 2.24) is 10.6 Å². The summed E-state index contributed by atoms with van der Waals surface area (Å²) in [7, 11) is 0. The number of amides is 2. The minimum absolute atomic E-state index is 0.265. The van der Waals surface area contributed by atoms with E-state index in [2.05, 4.69) is 10.6 Å². The summed E-state index contributed by atoms with van der Waals surface area (Å²) in [6.07, 6.45) is 0. The zero-order valence-electron chi connectivity index (χ0n) is 14.3. The Morgan fingerprint density at radius 1 is 0.538 bits per heavy atom. The van der Waals surface area contributed by atoms with Crippen molar-refractivity contribution in [3.05, 3.63) is 107 Å². The molecule has 0 heterocycles. The van der Waals surface area contributed by atoms with Gasteiger partial charge in [0.15, 0.2) is 0 Å². The van der Waals surface area contributed by atoms with Crippen LogP contribution in [0.1, 0.15) is 31.8 Å². The summed E-state index contributed by atoms with van der Waals surface area (Å²) in [5.41, 5.74) is 2.75. The van der Waals surface area contributed by atoms with Gasteiger partial charge in [0, 0.05) is 13.1 Å². The van der Waals surface area contributed by atoms with Crippen molar-refractivity contribution in [3.8, 4) is 0 Å². The van der Waals surface area contributed by atoms with Crippen LogP contribution in [-0.4, -0.2) is 11.8 Å². The average Bonchev–Trinajstić information content (AvgIpc) is 2.72. The predicted molar refractivity (Wildman–Crippen MR) is 102 cm³/mol. The molecular weight excluding hydrogens is 324 g/mol. The molecule has 3 aromatic rings. The Morgan fingerprint density at radius 2 is 0.885 bits per heavy atom. The molecule has 0 spiro atoms. The van der Waals surface area contributed by atoms with Gasteiger partial charge in [-0.05, 0) is 23.3 Å². The maximum atomic E-state index is 12.5. The summed E-state index contributed by atoms with van der Waals surface area (Å²) in [5, 5.41) is 5.73. The molecule has 0 aliphatic rings. The Balaban J connectivity index is 1.66. The number of carbonyl (C=O) groups excluding carboxylic acids is 2. The van der Waals surface area contributed by atoms with E-state index in [1.165, 1.54) is 0 Å². The van der Waals surface area contributed by atoms with Crippen LogP contribution in [0.2, 0.25) is 0 Å². The zero-order chi connectivity index (χ0) is 18.2. The second kappa shape index (κ2) is 8.62. The van der Waals surface area contributed by atoms with E-state index in [1.807, 2.05) is 60.7 Å². The lowest BCUT2D eigenvalue weighted by Crippen LogP contribution is -2.29. The Kier molecular flexibility index (Phi) is 5.78. The van der Waals surface area contributed by atoms with Gasteiger partial charge in [0.2, 0.25) is 0 Å². The van der Waals surface area contributed by atoms with E-state index in [-0.39, 0.29) is 11.8 Å². The molecule has 0 unspecified atom stereocenters. The molecule has 3 rings (SSSR count). The number of benzene rings is 3. The SMILES string of the molecule is O=C(NCc1ccccc1)c1ccccc1C(=O)NCc1ccccc1. The van der Waals surface area contributed by atoms with Crippen molar-refractivity contribution in [2.45, 2.75) is 13.1 Å². The highest BCUT2D eigenvalue weighted by atomic mass is 16.2. The molecule has 3 aromatic carbocycles. The van der Waals surface area contributed by atoms with Crippen LogP contribution in [0.3, 0.4) is 0 Å². The molecule has 0 radical (unpaired) electrons. The highest BCUT2D eigenvalue weighted by Crippen LogP contribution is 2.10. The fourth-order valence-electron chi connectivity index (χ4n) is 2.63. The van der Waals surface area contributed by atoms with Gasteiger partial charge in [0.1, 0.15) is 0 Å². The fraction of sp³-hybridized carbons (Fsp3) is 0.0909. The lowest BCUT2D eigenvalue weighted by atomic mass is 10.1. The van der Waals surface area contributed by atoms with Crippen LogP contribution in [0.5, 0.6) is 0 Å². The fourth-order valence-corrected chi connectivity index (χ4v) is 2.63. The van der Waals surface area contributed by atoms with E-state index in [4.69, 9.17) is 0 Å². The van der Waals surface area contributed by atoms with Crippen LogP contribution >= 0.6 is 0 Å². The topological polar surface area (TPSA) is 58.2 Å². The van der Waals surface area contributed by atoms with E-state index in [9.17, 15) is 9.59 Å². The highest BCUT2D eigenvalue weighted by Gasteiger charge is 2.16. The van der Waals surface area contributed by atoms with Gasteiger partial charge in [-0.2, -0.15) is 0 Å². The minimum Gasteiger partial charge on any atom is -0.348 e. The maximum absolute atomic E-state index is 12.5. The lowest BCUT2D eigenvalue weighted by Gasteiger charge is -2.11. The van der Waals surface area contributed by atoms with Gasteiger partial charge in [-0.15, -0.1) is 0 Å². The predicted octanol–water partition coefficient (Wildman–Crippen LogP) is 3.55. The number of hydrogen-bond acceptors (Lipinski definition) is 2. The summed E-state index contributed by atoms with van der Waals surface area (Å²) in [4.78, 5) is 25.1. The standard InChI is InChI=1S/C22H20N2O2/c25-21(23-15-17-9-3-1-4-10-17)19-13-7-8-14-20(19)22(26)24-16-18-11-5-2-6-12-18/h1-14H,15-16H2,(H,23,25)(H,24,26). The largest absolute Gasteiger partial charge is 0.348 e. The summed E-state index contributed by atoms with van der Waals surface area (Å²) in [6.45, 7) is 0.833. The van der Waals surface area contributed by atoms with Gasteiger partial charge in [-0.3, -0.25) is 9.59 Å². The van der Waals surface area contributed by atoms with Gasteiger partial charge in [-0.1, -0.05) is 72.8 Å². The van der Waals surface area contributed by atoms with Crippen LogP contribution < -0.4 is 10.6 Å². The minimum atomic E-state index is -0.265. The second-order valence-corrected chi connectivity index (χ2v) is 5.88. The number of carbonyl (C=O) groups is 2. The molecule has 130 valence electrons. The first-order valence-electron chi connectivity index (χ1n) is 8.47. The monoisotopic (exact) mass is 344 g/mol. The molecule has 0 saturated heterocycles. The lowest BCUT2D eigenvalue weighted by molar-refractivity contribution is 0.0916. The van der Waals surface area contributed by atoms with Crippen LogP contribution in [0.4, 0.5) is 0 Å². The second-order valence-electron chi connectivity index (χ2n) is 5.88. The number of rotatable bonds is 6. The zero-order valence-corrected chi connectivity index (χ0v) is 14.3. The van der Waals surface area contributed by atoms with Crippen molar-refractivity contribution in [1.29, 1.82) is 0 Å². The van der Waals surface area contributed by atoms with E-state index < -0.39 is 0 Å². The van der Waals surface area contributed by atoms with E-state index in [0.29, 0.717) is 24.2 Å². The summed E-state index contributed by atoms with van der Waals surface area (Å²) in [6, 6.07) is 26.2. The van der Waals surface area contributed by atoms with Crippen LogP contribution in [-0.2, 0) is 13.1 Å². The van der Waals surface area contributed by atoms with Crippen molar-refractivity contribution >= 4 is 11.8 Å². The normalized spacial score (nSPS) is 10.2. The number of nitrogens with one attached hydrogen (secondary N) is 2. The smallest absolute Gasteiger partial charge is 0.252 e. The van der Waals surface area contributed by atoms with E-state index in [1.54, 1.807) is 24.3 Å². The van der Waals surface area contributed by atoms with Crippen LogP contribution in [0, 0.1) is 0 Å². The third-order valence-corrected chi connectivity index (χ3v) is 4.01. The van der Waals surface area contributed by atoms with Gasteiger partial charge in [0.05, 0.1) is 11.1 Å². The molecule has 2 N–H and O–H groups in total. The summed E-state index contributed by atoms with van der Waals surface area (Å²) in [5.74, 6) is -0.529. The first-order chi connectivity index (χ1) is 12.7. The van der Waals surface area contributed by atoms with Crippen molar-refractivity contribution < 1.29 is 9.59 Å². The van der Waals surface area contributed by atoms with Gasteiger partial charge >= 0.3 is 0 Å². The van der Waals surface area contributed by atoms with Gasteiger partial charge in [0.25, 0.3) is 11.8 Å².